The predicted molar refractivity (Wildman–Crippen MR) is 88.5 cm³/mol. The summed E-state index contributed by atoms with van der Waals surface area (Å²) >= 11 is 8.10. The highest BCUT2D eigenvalue weighted by Gasteiger charge is 2.28. The van der Waals surface area contributed by atoms with Crippen molar-refractivity contribution in [2.24, 2.45) is 0 Å². The first-order valence-electron chi connectivity index (χ1n) is 6.64. The fourth-order valence-electron chi connectivity index (χ4n) is 2.72. The number of anilines is 1. The van der Waals surface area contributed by atoms with Crippen molar-refractivity contribution in [1.82, 2.24) is 5.32 Å². The average Bonchev–Trinajstić information content (AvgIpc) is 2.85. The molecule has 1 fully saturated rings. The van der Waals surface area contributed by atoms with Crippen LogP contribution in [0.25, 0.3) is 0 Å². The Kier molecular flexibility index (Phi) is 5.61. The first-order valence-corrected chi connectivity index (χ1v) is 8.18. The van der Waals surface area contributed by atoms with E-state index >= 15 is 0 Å². The van der Waals surface area contributed by atoms with Crippen LogP contribution in [0.15, 0.2) is 18.2 Å². The fraction of sp³-hybridized carbons (Fsp3) is 0.500. The van der Waals surface area contributed by atoms with E-state index in [1.807, 2.05) is 34.9 Å². The third-order valence-corrected chi connectivity index (χ3v) is 5.18. The molecule has 2 aliphatic heterocycles. The van der Waals surface area contributed by atoms with Gasteiger partial charge < -0.3 is 10.2 Å². The first kappa shape index (κ1) is 16.0. The summed E-state index contributed by atoms with van der Waals surface area (Å²) in [6.45, 7) is 1.77. The molecule has 2 heterocycles. The number of fused-ring (bicyclic) bond motifs is 1. The Morgan fingerprint density at radius 2 is 2.35 bits per heavy atom. The molecule has 0 saturated carbocycles. The van der Waals surface area contributed by atoms with Gasteiger partial charge in [0.2, 0.25) is 5.91 Å². The second-order valence-corrected chi connectivity index (χ2v) is 6.52. The molecule has 1 N–H and O–H groups in total. The highest BCUT2D eigenvalue weighted by molar-refractivity contribution is 7.99. The summed E-state index contributed by atoms with van der Waals surface area (Å²) in [6, 6.07) is 6.12. The molecular formula is C14H18Cl2N2OS. The molecular weight excluding hydrogens is 315 g/mol. The van der Waals surface area contributed by atoms with Gasteiger partial charge in [0.1, 0.15) is 0 Å². The van der Waals surface area contributed by atoms with Crippen LogP contribution < -0.4 is 10.2 Å². The van der Waals surface area contributed by atoms with Crippen molar-refractivity contribution in [2.75, 3.05) is 29.5 Å². The zero-order chi connectivity index (χ0) is 13.2. The molecule has 0 bridgehead atoms. The highest BCUT2D eigenvalue weighted by atomic mass is 35.5. The minimum Gasteiger partial charge on any atom is -0.312 e. The number of hydrogen-bond acceptors (Lipinski definition) is 3. The molecule has 1 amide bonds. The van der Waals surface area contributed by atoms with Crippen molar-refractivity contribution in [3.63, 3.8) is 0 Å². The Hall–Kier alpha value is -0.420. The van der Waals surface area contributed by atoms with Gasteiger partial charge >= 0.3 is 0 Å². The molecule has 6 heteroatoms. The van der Waals surface area contributed by atoms with Crippen molar-refractivity contribution in [2.45, 2.75) is 18.9 Å². The molecule has 110 valence electrons. The molecule has 2 aliphatic rings. The molecule has 3 rings (SSSR count). The van der Waals surface area contributed by atoms with Gasteiger partial charge in [0, 0.05) is 47.8 Å². The van der Waals surface area contributed by atoms with E-state index in [9.17, 15) is 4.79 Å². The molecule has 0 spiro atoms. The van der Waals surface area contributed by atoms with E-state index in [1.54, 1.807) is 0 Å². The molecule has 3 nitrogen and oxygen atoms in total. The third-order valence-electron chi connectivity index (χ3n) is 3.69. The Labute approximate surface area is 134 Å². The molecule has 1 saturated heterocycles. The zero-order valence-corrected chi connectivity index (χ0v) is 13.5. The van der Waals surface area contributed by atoms with E-state index in [1.165, 1.54) is 0 Å². The number of amides is 1. The van der Waals surface area contributed by atoms with Gasteiger partial charge in [-0.3, -0.25) is 4.79 Å². The predicted octanol–water partition coefficient (Wildman–Crippen LogP) is 2.75. The summed E-state index contributed by atoms with van der Waals surface area (Å²) in [7, 11) is 0. The van der Waals surface area contributed by atoms with Gasteiger partial charge in [-0.25, -0.2) is 0 Å². The summed E-state index contributed by atoms with van der Waals surface area (Å²) in [6.07, 6.45) is 1.45. The average molecular weight is 333 g/mol. The van der Waals surface area contributed by atoms with Gasteiger partial charge in [0.05, 0.1) is 0 Å². The summed E-state index contributed by atoms with van der Waals surface area (Å²) in [4.78, 5) is 14.3. The molecule has 1 aromatic carbocycles. The van der Waals surface area contributed by atoms with Crippen LogP contribution in [0.3, 0.4) is 0 Å². The summed E-state index contributed by atoms with van der Waals surface area (Å²) in [5, 5.41) is 4.19. The van der Waals surface area contributed by atoms with Gasteiger partial charge in [-0.1, -0.05) is 17.7 Å². The summed E-state index contributed by atoms with van der Waals surface area (Å²) < 4.78 is 0. The fourth-order valence-corrected chi connectivity index (χ4v) is 3.94. The molecule has 0 radical (unpaired) electrons. The van der Waals surface area contributed by atoms with Gasteiger partial charge in [-0.15, -0.1) is 12.4 Å². The van der Waals surface area contributed by atoms with Crippen LogP contribution in [0.2, 0.25) is 5.02 Å². The number of carbonyl (C=O) groups is 1. The number of rotatable bonds is 2. The SMILES string of the molecule is Cl.O=C(CC1CSCCN1)N1CCc2c(Cl)cccc21. The smallest absolute Gasteiger partial charge is 0.228 e. The van der Waals surface area contributed by atoms with E-state index in [4.69, 9.17) is 11.6 Å². The summed E-state index contributed by atoms with van der Waals surface area (Å²) in [5.41, 5.74) is 2.12. The lowest BCUT2D eigenvalue weighted by Gasteiger charge is -2.25. The van der Waals surface area contributed by atoms with E-state index in [-0.39, 0.29) is 18.3 Å². The Balaban J connectivity index is 0.00000147. The third kappa shape index (κ3) is 3.25. The molecule has 0 aliphatic carbocycles. The van der Waals surface area contributed by atoms with Crippen LogP contribution in [0.5, 0.6) is 0 Å². The monoisotopic (exact) mass is 332 g/mol. The molecule has 1 aromatic rings. The van der Waals surface area contributed by atoms with Gasteiger partial charge in [0.25, 0.3) is 0 Å². The van der Waals surface area contributed by atoms with E-state index in [0.29, 0.717) is 12.5 Å². The molecule has 1 unspecified atom stereocenters. The second-order valence-electron chi connectivity index (χ2n) is 4.96. The number of thioether (sulfide) groups is 1. The van der Waals surface area contributed by atoms with Gasteiger partial charge in [-0.05, 0) is 24.1 Å². The number of carbonyl (C=O) groups excluding carboxylic acids is 1. The lowest BCUT2D eigenvalue weighted by atomic mass is 10.1. The van der Waals surface area contributed by atoms with Crippen LogP contribution in [-0.4, -0.2) is 36.5 Å². The van der Waals surface area contributed by atoms with Crippen LogP contribution >= 0.6 is 35.8 Å². The Morgan fingerprint density at radius 3 is 3.10 bits per heavy atom. The maximum absolute atomic E-state index is 12.4. The Bertz CT molecular complexity index is 492. The van der Waals surface area contributed by atoms with E-state index < -0.39 is 0 Å². The zero-order valence-electron chi connectivity index (χ0n) is 11.1. The number of nitrogens with one attached hydrogen (secondary N) is 1. The molecule has 1 atom stereocenters. The van der Waals surface area contributed by atoms with Crippen molar-refractivity contribution < 1.29 is 4.79 Å². The van der Waals surface area contributed by atoms with Gasteiger partial charge in [-0.2, -0.15) is 11.8 Å². The van der Waals surface area contributed by atoms with E-state index in [2.05, 4.69) is 5.32 Å². The second kappa shape index (κ2) is 7.03. The topological polar surface area (TPSA) is 32.3 Å². The van der Waals surface area contributed by atoms with Crippen LogP contribution in [-0.2, 0) is 11.2 Å². The first-order chi connectivity index (χ1) is 9.25. The Morgan fingerprint density at radius 1 is 1.50 bits per heavy atom. The van der Waals surface area contributed by atoms with Crippen molar-refractivity contribution in [3.8, 4) is 0 Å². The maximum Gasteiger partial charge on any atom is 0.228 e. The highest BCUT2D eigenvalue weighted by Crippen LogP contribution is 2.33. The number of hydrogen-bond donors (Lipinski definition) is 1. The standard InChI is InChI=1S/C14H17ClN2OS.ClH/c15-12-2-1-3-13-11(12)4-6-17(13)14(18)8-10-9-19-7-5-16-10;/h1-3,10,16H,4-9H2;1H. The minimum absolute atomic E-state index is 0. The lowest BCUT2D eigenvalue weighted by Crippen LogP contribution is -2.42. The quantitative estimate of drug-likeness (QED) is 0.903. The largest absolute Gasteiger partial charge is 0.312 e. The van der Waals surface area contributed by atoms with Crippen LogP contribution in [0, 0.1) is 0 Å². The van der Waals surface area contributed by atoms with Crippen LogP contribution in [0.1, 0.15) is 12.0 Å². The molecule has 0 aromatic heterocycles. The van der Waals surface area contributed by atoms with Crippen molar-refractivity contribution >= 4 is 47.4 Å². The minimum atomic E-state index is 0. The van der Waals surface area contributed by atoms with Crippen LogP contribution in [0.4, 0.5) is 5.69 Å². The van der Waals surface area contributed by atoms with Gasteiger partial charge in [0.15, 0.2) is 0 Å². The van der Waals surface area contributed by atoms with E-state index in [0.717, 1.165) is 47.3 Å². The molecule has 20 heavy (non-hydrogen) atoms. The van der Waals surface area contributed by atoms with Crippen molar-refractivity contribution in [3.05, 3.63) is 28.8 Å². The number of benzene rings is 1. The lowest BCUT2D eigenvalue weighted by molar-refractivity contribution is -0.118. The summed E-state index contributed by atoms with van der Waals surface area (Å²) in [5.74, 6) is 2.38. The normalized spacial score (nSPS) is 21.2. The van der Waals surface area contributed by atoms with Crippen molar-refractivity contribution in [1.29, 1.82) is 0 Å². The number of nitrogens with zero attached hydrogens (tertiary/aromatic N) is 1. The number of halogens is 2. The maximum atomic E-state index is 12.4.